The normalized spacial score (nSPS) is 11.4. The first-order valence-electron chi connectivity index (χ1n) is 6.17. The van der Waals surface area contributed by atoms with Gasteiger partial charge in [0, 0.05) is 12.8 Å². The van der Waals surface area contributed by atoms with E-state index in [0.717, 1.165) is 5.56 Å². The van der Waals surface area contributed by atoms with Crippen molar-refractivity contribution in [3.05, 3.63) is 22.7 Å². The minimum atomic E-state index is -2.90. The summed E-state index contributed by atoms with van der Waals surface area (Å²) < 4.78 is 32.4. The van der Waals surface area contributed by atoms with Gasteiger partial charge in [-0.2, -0.15) is 0 Å². The number of hydrogen-bond acceptors (Lipinski definition) is 5. The van der Waals surface area contributed by atoms with Crippen molar-refractivity contribution in [3.63, 3.8) is 0 Å². The molecule has 0 fully saturated rings. The third-order valence-corrected chi connectivity index (χ3v) is 4.19. The summed E-state index contributed by atoms with van der Waals surface area (Å²) >= 11 is 6.24. The largest absolute Gasteiger partial charge is 0.493 e. The number of rotatable bonds is 8. The second kappa shape index (κ2) is 7.71. The highest BCUT2D eigenvalue weighted by molar-refractivity contribution is 7.90. The van der Waals surface area contributed by atoms with Crippen molar-refractivity contribution in [2.24, 2.45) is 0 Å². The van der Waals surface area contributed by atoms with Gasteiger partial charge in [-0.1, -0.05) is 17.7 Å². The first kappa shape index (κ1) is 17.1. The van der Waals surface area contributed by atoms with Crippen LogP contribution in [0.3, 0.4) is 0 Å². The van der Waals surface area contributed by atoms with Crippen LogP contribution in [0.2, 0.25) is 5.02 Å². The van der Waals surface area contributed by atoms with Crippen LogP contribution in [0.5, 0.6) is 11.5 Å². The summed E-state index contributed by atoms with van der Waals surface area (Å²) in [6.07, 6.45) is 1.81. The summed E-state index contributed by atoms with van der Waals surface area (Å²) in [6, 6.07) is 3.64. The molecule has 0 saturated carbocycles. The van der Waals surface area contributed by atoms with Crippen molar-refractivity contribution in [3.8, 4) is 11.5 Å². The molecule has 1 aromatic rings. The van der Waals surface area contributed by atoms with Gasteiger partial charge in [-0.15, -0.1) is 0 Å². The first-order valence-corrected chi connectivity index (χ1v) is 8.60. The van der Waals surface area contributed by atoms with E-state index in [1.165, 1.54) is 13.4 Å². The number of nitrogens with one attached hydrogen (secondary N) is 1. The SMILES string of the molecule is COc1ccc(CNCCCS(C)(=O)=O)c(Cl)c1OC. The molecule has 0 aromatic heterocycles. The molecule has 0 saturated heterocycles. The standard InChI is InChI=1S/C13H20ClNO4S/c1-18-11-6-5-10(12(14)13(11)19-2)9-15-7-4-8-20(3,16)17/h5-6,15H,4,7-9H2,1-3H3. The lowest BCUT2D eigenvalue weighted by molar-refractivity contribution is 0.354. The Balaban J connectivity index is 2.57. The number of sulfone groups is 1. The molecule has 1 aromatic carbocycles. The zero-order valence-electron chi connectivity index (χ0n) is 11.9. The molecule has 0 spiro atoms. The van der Waals surface area contributed by atoms with E-state index in [4.69, 9.17) is 21.1 Å². The van der Waals surface area contributed by atoms with Gasteiger partial charge in [-0.05, 0) is 24.6 Å². The second-order valence-electron chi connectivity index (χ2n) is 4.43. The topological polar surface area (TPSA) is 64.6 Å². The molecule has 0 amide bonds. The Hall–Kier alpha value is -0.980. The molecule has 0 bridgehead atoms. The predicted molar refractivity (Wildman–Crippen MR) is 80.6 cm³/mol. The first-order chi connectivity index (χ1) is 9.39. The van der Waals surface area contributed by atoms with Gasteiger partial charge in [0.05, 0.1) is 25.0 Å². The fourth-order valence-corrected chi connectivity index (χ4v) is 2.72. The Kier molecular flexibility index (Phi) is 6.58. The number of ether oxygens (including phenoxy) is 2. The van der Waals surface area contributed by atoms with E-state index in [0.29, 0.717) is 36.0 Å². The van der Waals surface area contributed by atoms with Crippen LogP contribution in [0.4, 0.5) is 0 Å². The summed E-state index contributed by atoms with van der Waals surface area (Å²) in [5.74, 6) is 1.27. The molecule has 1 N–H and O–H groups in total. The third kappa shape index (κ3) is 5.19. The van der Waals surface area contributed by atoms with Crippen LogP contribution in [-0.4, -0.2) is 41.2 Å². The van der Waals surface area contributed by atoms with Gasteiger partial charge < -0.3 is 14.8 Å². The zero-order valence-corrected chi connectivity index (χ0v) is 13.5. The molecule has 1 rings (SSSR count). The highest BCUT2D eigenvalue weighted by atomic mass is 35.5. The zero-order chi connectivity index (χ0) is 15.2. The minimum Gasteiger partial charge on any atom is -0.493 e. The van der Waals surface area contributed by atoms with Crippen molar-refractivity contribution < 1.29 is 17.9 Å². The number of hydrogen-bond donors (Lipinski definition) is 1. The van der Waals surface area contributed by atoms with Gasteiger partial charge in [0.25, 0.3) is 0 Å². The lowest BCUT2D eigenvalue weighted by Crippen LogP contribution is -2.18. The molecule has 114 valence electrons. The van der Waals surface area contributed by atoms with Crippen molar-refractivity contribution in [1.29, 1.82) is 0 Å². The molecule has 0 radical (unpaired) electrons. The average Bonchev–Trinajstić information content (AvgIpc) is 2.38. The highest BCUT2D eigenvalue weighted by Gasteiger charge is 2.12. The third-order valence-electron chi connectivity index (χ3n) is 2.75. The molecule has 0 atom stereocenters. The Morgan fingerprint density at radius 1 is 1.25 bits per heavy atom. The Bertz CT molecular complexity index is 546. The van der Waals surface area contributed by atoms with Gasteiger partial charge in [0.15, 0.2) is 11.5 Å². The second-order valence-corrected chi connectivity index (χ2v) is 7.07. The smallest absolute Gasteiger partial charge is 0.179 e. The Morgan fingerprint density at radius 2 is 1.95 bits per heavy atom. The van der Waals surface area contributed by atoms with E-state index in [1.54, 1.807) is 13.2 Å². The van der Waals surface area contributed by atoms with E-state index in [-0.39, 0.29) is 5.75 Å². The van der Waals surface area contributed by atoms with Gasteiger partial charge in [0.2, 0.25) is 0 Å². The predicted octanol–water partition coefficient (Wildman–Crippen LogP) is 1.88. The molecule has 20 heavy (non-hydrogen) atoms. The van der Waals surface area contributed by atoms with Crippen LogP contribution in [0.1, 0.15) is 12.0 Å². The fraction of sp³-hybridized carbons (Fsp3) is 0.538. The maximum Gasteiger partial charge on any atom is 0.179 e. The number of halogens is 1. The van der Waals surface area contributed by atoms with Crippen LogP contribution in [0.25, 0.3) is 0 Å². The van der Waals surface area contributed by atoms with E-state index in [9.17, 15) is 8.42 Å². The van der Waals surface area contributed by atoms with Crippen molar-refractivity contribution >= 4 is 21.4 Å². The highest BCUT2D eigenvalue weighted by Crippen LogP contribution is 2.37. The number of benzene rings is 1. The van der Waals surface area contributed by atoms with E-state index in [2.05, 4.69) is 5.32 Å². The maximum atomic E-state index is 11.0. The van der Waals surface area contributed by atoms with E-state index < -0.39 is 9.84 Å². The fourth-order valence-electron chi connectivity index (χ4n) is 1.75. The van der Waals surface area contributed by atoms with Crippen molar-refractivity contribution in [2.45, 2.75) is 13.0 Å². The van der Waals surface area contributed by atoms with Crippen molar-refractivity contribution in [2.75, 3.05) is 32.8 Å². The summed E-state index contributed by atoms with van der Waals surface area (Å²) in [7, 11) is 0.188. The number of methoxy groups -OCH3 is 2. The van der Waals surface area contributed by atoms with E-state index >= 15 is 0 Å². The summed E-state index contributed by atoms with van der Waals surface area (Å²) in [4.78, 5) is 0. The monoisotopic (exact) mass is 321 g/mol. The van der Waals surface area contributed by atoms with Gasteiger partial charge in [-0.3, -0.25) is 0 Å². The molecule has 0 unspecified atom stereocenters. The quantitative estimate of drug-likeness (QED) is 0.741. The Labute approximate surface area is 125 Å². The molecular weight excluding hydrogens is 302 g/mol. The molecule has 0 aliphatic rings. The summed E-state index contributed by atoms with van der Waals surface area (Å²) in [5, 5.41) is 3.66. The Morgan fingerprint density at radius 3 is 2.50 bits per heavy atom. The van der Waals surface area contributed by atoms with Crippen LogP contribution in [-0.2, 0) is 16.4 Å². The lowest BCUT2D eigenvalue weighted by Gasteiger charge is -2.13. The molecule has 0 aliphatic carbocycles. The van der Waals surface area contributed by atoms with Crippen LogP contribution in [0, 0.1) is 0 Å². The van der Waals surface area contributed by atoms with Crippen LogP contribution in [0.15, 0.2) is 12.1 Å². The maximum absolute atomic E-state index is 11.0. The molecule has 0 heterocycles. The summed E-state index contributed by atoms with van der Waals surface area (Å²) in [6.45, 7) is 1.15. The van der Waals surface area contributed by atoms with Gasteiger partial charge in [0.1, 0.15) is 9.84 Å². The molecule has 0 aliphatic heterocycles. The molecule has 7 heteroatoms. The average molecular weight is 322 g/mol. The van der Waals surface area contributed by atoms with Gasteiger partial charge >= 0.3 is 0 Å². The van der Waals surface area contributed by atoms with Crippen LogP contribution < -0.4 is 14.8 Å². The minimum absolute atomic E-state index is 0.180. The lowest BCUT2D eigenvalue weighted by atomic mass is 10.2. The van der Waals surface area contributed by atoms with Crippen LogP contribution >= 0.6 is 11.6 Å². The van der Waals surface area contributed by atoms with Crippen molar-refractivity contribution in [1.82, 2.24) is 5.32 Å². The van der Waals surface area contributed by atoms with E-state index in [1.807, 2.05) is 6.07 Å². The van der Waals surface area contributed by atoms with Gasteiger partial charge in [-0.25, -0.2) is 8.42 Å². The summed E-state index contributed by atoms with van der Waals surface area (Å²) in [5.41, 5.74) is 0.878. The molecular formula is C13H20ClNO4S. The molecule has 5 nitrogen and oxygen atoms in total.